The summed E-state index contributed by atoms with van der Waals surface area (Å²) in [7, 11) is -5.08. The van der Waals surface area contributed by atoms with Crippen LogP contribution in [0.4, 0.5) is 0 Å². The van der Waals surface area contributed by atoms with E-state index in [-0.39, 0.29) is 35.1 Å². The maximum absolute atomic E-state index is 11.6. The maximum atomic E-state index is 11.6. The number of aliphatic hydroxyl groups excluding tert-OH is 1. The Labute approximate surface area is 149 Å². The standard InChI is InChI=1S/C14H12O6S.Na/c15-13(14(16)21(17,18)19)10-6-8-12(9-7-10)20-11-4-2-1-3-5-11;/h1-9,14,16H,(H,17,18,19);/q;+1/p-1. The molecule has 0 aliphatic rings. The van der Waals surface area contributed by atoms with Crippen LogP contribution >= 0.6 is 0 Å². The number of Topliss-reactive ketones (excluding diaryl/α,β-unsaturated/α-hetero) is 1. The molecule has 8 heteroatoms. The summed E-state index contributed by atoms with van der Waals surface area (Å²) in [6.45, 7) is 0. The van der Waals surface area contributed by atoms with Gasteiger partial charge < -0.3 is 14.4 Å². The number of carbonyl (C=O) groups is 1. The number of benzene rings is 2. The van der Waals surface area contributed by atoms with Crippen LogP contribution in [0.25, 0.3) is 0 Å². The summed E-state index contributed by atoms with van der Waals surface area (Å²) in [5.41, 5.74) is -2.69. The van der Waals surface area contributed by atoms with E-state index in [0.717, 1.165) is 0 Å². The van der Waals surface area contributed by atoms with Crippen LogP contribution < -0.4 is 34.3 Å². The minimum absolute atomic E-state index is 0. The number of carbonyl (C=O) groups excluding carboxylic acids is 1. The third kappa shape index (κ3) is 4.91. The molecule has 0 saturated heterocycles. The van der Waals surface area contributed by atoms with Gasteiger partial charge in [-0.2, -0.15) is 0 Å². The molecular formula is C14H11NaO6S. The molecule has 1 atom stereocenters. The van der Waals surface area contributed by atoms with E-state index in [1.54, 1.807) is 24.3 Å². The Balaban J connectivity index is 0.00000242. The summed E-state index contributed by atoms with van der Waals surface area (Å²) in [6.07, 6.45) is 0. The number of ether oxygens (including phenoxy) is 1. The van der Waals surface area contributed by atoms with Gasteiger partial charge in [-0.25, -0.2) is 8.42 Å². The third-order valence-corrected chi connectivity index (χ3v) is 3.38. The molecule has 0 bridgehead atoms. The van der Waals surface area contributed by atoms with Gasteiger partial charge >= 0.3 is 29.6 Å². The van der Waals surface area contributed by atoms with E-state index in [1.807, 2.05) is 6.07 Å². The second kappa shape index (κ2) is 7.87. The minimum atomic E-state index is -5.08. The molecule has 2 aromatic rings. The molecule has 0 radical (unpaired) electrons. The number of ketones is 1. The number of para-hydroxylation sites is 1. The molecule has 2 rings (SSSR count). The van der Waals surface area contributed by atoms with Gasteiger partial charge in [0.1, 0.15) is 21.6 Å². The average molecular weight is 330 g/mol. The molecule has 6 nitrogen and oxygen atoms in total. The first kappa shape index (κ1) is 18.8. The number of aliphatic hydroxyl groups is 1. The first-order chi connectivity index (χ1) is 9.88. The molecule has 22 heavy (non-hydrogen) atoms. The van der Waals surface area contributed by atoms with Crippen LogP contribution in [0.5, 0.6) is 11.5 Å². The van der Waals surface area contributed by atoms with Crippen LogP contribution in [0.1, 0.15) is 10.4 Å². The van der Waals surface area contributed by atoms with Gasteiger partial charge in [-0.15, -0.1) is 0 Å². The summed E-state index contributed by atoms with van der Waals surface area (Å²) in [4.78, 5) is 11.6. The van der Waals surface area contributed by atoms with E-state index in [0.29, 0.717) is 11.5 Å². The quantitative estimate of drug-likeness (QED) is 0.408. The second-order valence-corrected chi connectivity index (χ2v) is 5.58. The fourth-order valence-electron chi connectivity index (χ4n) is 1.59. The van der Waals surface area contributed by atoms with Gasteiger partial charge in [0.2, 0.25) is 11.2 Å². The van der Waals surface area contributed by atoms with Crippen molar-refractivity contribution in [1.29, 1.82) is 0 Å². The minimum Gasteiger partial charge on any atom is -0.746 e. The third-order valence-electron chi connectivity index (χ3n) is 2.62. The molecule has 0 aliphatic heterocycles. The van der Waals surface area contributed by atoms with Crippen molar-refractivity contribution >= 4 is 15.9 Å². The van der Waals surface area contributed by atoms with Crippen LogP contribution in [0.15, 0.2) is 54.6 Å². The van der Waals surface area contributed by atoms with Gasteiger partial charge in [0.15, 0.2) is 0 Å². The fourth-order valence-corrected chi connectivity index (χ4v) is 1.98. The van der Waals surface area contributed by atoms with Crippen molar-refractivity contribution in [3.63, 3.8) is 0 Å². The number of rotatable bonds is 5. The monoisotopic (exact) mass is 330 g/mol. The molecular weight excluding hydrogens is 319 g/mol. The zero-order valence-electron chi connectivity index (χ0n) is 11.7. The van der Waals surface area contributed by atoms with E-state index in [9.17, 15) is 17.8 Å². The molecule has 1 unspecified atom stereocenters. The molecule has 110 valence electrons. The normalized spacial score (nSPS) is 12.1. The Kier molecular flexibility index (Phi) is 6.73. The van der Waals surface area contributed by atoms with Gasteiger partial charge in [-0.3, -0.25) is 4.79 Å². The van der Waals surface area contributed by atoms with Crippen molar-refractivity contribution in [2.45, 2.75) is 5.44 Å². The predicted molar refractivity (Wildman–Crippen MR) is 73.0 cm³/mol. The van der Waals surface area contributed by atoms with Gasteiger partial charge in [-0.05, 0) is 36.4 Å². The average Bonchev–Trinajstić information content (AvgIpc) is 2.46. The maximum Gasteiger partial charge on any atom is 1.00 e. The van der Waals surface area contributed by atoms with Crippen molar-refractivity contribution in [2.75, 3.05) is 0 Å². The molecule has 0 spiro atoms. The second-order valence-electron chi connectivity index (χ2n) is 4.15. The van der Waals surface area contributed by atoms with Crippen molar-refractivity contribution < 1.29 is 57.2 Å². The van der Waals surface area contributed by atoms with Crippen molar-refractivity contribution in [3.8, 4) is 11.5 Å². The number of hydrogen-bond acceptors (Lipinski definition) is 6. The van der Waals surface area contributed by atoms with Crippen LogP contribution in [-0.4, -0.2) is 29.3 Å². The molecule has 0 heterocycles. The molecule has 0 saturated carbocycles. The smallest absolute Gasteiger partial charge is 0.746 e. The van der Waals surface area contributed by atoms with E-state index in [1.165, 1.54) is 24.3 Å². The first-order valence-electron chi connectivity index (χ1n) is 5.88. The zero-order chi connectivity index (χ0) is 15.5. The van der Waals surface area contributed by atoms with E-state index in [4.69, 9.17) is 9.84 Å². The summed E-state index contributed by atoms with van der Waals surface area (Å²) in [5, 5.41) is 9.13. The van der Waals surface area contributed by atoms with Crippen LogP contribution in [0, 0.1) is 0 Å². The van der Waals surface area contributed by atoms with Crippen LogP contribution in [-0.2, 0) is 10.1 Å². The van der Waals surface area contributed by atoms with Crippen LogP contribution in [0.2, 0.25) is 0 Å². The predicted octanol–water partition coefficient (Wildman–Crippen LogP) is -1.47. The van der Waals surface area contributed by atoms with E-state index < -0.39 is 21.3 Å². The fraction of sp³-hybridized carbons (Fsp3) is 0.0714. The SMILES string of the molecule is O=C(c1ccc(Oc2ccccc2)cc1)C(O)S(=O)(=O)[O-].[Na+]. The largest absolute Gasteiger partial charge is 1.00 e. The Hall–Kier alpha value is -1.22. The van der Waals surface area contributed by atoms with Crippen molar-refractivity contribution in [2.24, 2.45) is 0 Å². The zero-order valence-corrected chi connectivity index (χ0v) is 14.5. The van der Waals surface area contributed by atoms with Crippen molar-refractivity contribution in [3.05, 3.63) is 60.2 Å². The summed E-state index contributed by atoms with van der Waals surface area (Å²) in [5.74, 6) is -0.146. The van der Waals surface area contributed by atoms with Crippen molar-refractivity contribution in [1.82, 2.24) is 0 Å². The Bertz CT molecular complexity index is 728. The van der Waals surface area contributed by atoms with Gasteiger partial charge in [0.05, 0.1) is 0 Å². The van der Waals surface area contributed by atoms with Crippen LogP contribution in [0.3, 0.4) is 0 Å². The van der Waals surface area contributed by atoms with E-state index in [2.05, 4.69) is 0 Å². The summed E-state index contributed by atoms with van der Waals surface area (Å²) in [6, 6.07) is 14.3. The number of hydrogen-bond donors (Lipinski definition) is 1. The Morgan fingerprint density at radius 2 is 1.50 bits per heavy atom. The molecule has 0 aromatic heterocycles. The molecule has 0 fully saturated rings. The molecule has 1 N–H and O–H groups in total. The molecule has 0 amide bonds. The summed E-state index contributed by atoms with van der Waals surface area (Å²) < 4.78 is 37.3. The van der Waals surface area contributed by atoms with E-state index >= 15 is 0 Å². The van der Waals surface area contributed by atoms with Gasteiger partial charge in [-0.1, -0.05) is 18.2 Å². The Morgan fingerprint density at radius 1 is 1.00 bits per heavy atom. The molecule has 2 aromatic carbocycles. The molecule has 0 aliphatic carbocycles. The Morgan fingerprint density at radius 3 is 2.00 bits per heavy atom. The summed E-state index contributed by atoms with van der Waals surface area (Å²) >= 11 is 0. The topological polar surface area (TPSA) is 104 Å². The first-order valence-corrected chi connectivity index (χ1v) is 7.35. The van der Waals surface area contributed by atoms with Gasteiger partial charge in [0, 0.05) is 5.56 Å². The van der Waals surface area contributed by atoms with Gasteiger partial charge in [0.25, 0.3) is 0 Å².